The Balaban J connectivity index is 1.80. The van der Waals surface area contributed by atoms with Gasteiger partial charge in [0.05, 0.1) is 0 Å². The van der Waals surface area contributed by atoms with Gasteiger partial charge < -0.3 is 14.9 Å². The van der Waals surface area contributed by atoms with Crippen LogP contribution in [0.25, 0.3) is 33.5 Å². The van der Waals surface area contributed by atoms with Gasteiger partial charge >= 0.3 is 0 Å². The number of imidazole rings is 1. The van der Waals surface area contributed by atoms with Crippen molar-refractivity contribution in [2.45, 2.75) is 0 Å². The first-order chi connectivity index (χ1) is 11.2. The zero-order valence-electron chi connectivity index (χ0n) is 13.0. The molecule has 0 saturated carbocycles. The maximum atomic E-state index is 4.54. The normalized spacial score (nSPS) is 11.0. The van der Waals surface area contributed by atoms with E-state index in [1.807, 2.05) is 32.7 Å². The van der Waals surface area contributed by atoms with Crippen molar-refractivity contribution in [1.82, 2.24) is 19.9 Å². The summed E-state index contributed by atoms with van der Waals surface area (Å²) in [6, 6.07) is 10.6. The third kappa shape index (κ3) is 2.36. The number of H-pyrrole nitrogens is 2. The zero-order valence-corrected chi connectivity index (χ0v) is 13.0. The first kappa shape index (κ1) is 13.6. The smallest absolute Gasteiger partial charge is 0.139 e. The van der Waals surface area contributed by atoms with Gasteiger partial charge in [0.15, 0.2) is 0 Å². The minimum Gasteiger partial charge on any atom is -0.378 e. The molecule has 3 heterocycles. The molecule has 0 fully saturated rings. The van der Waals surface area contributed by atoms with Crippen LogP contribution in [-0.2, 0) is 0 Å². The van der Waals surface area contributed by atoms with Gasteiger partial charge in [0, 0.05) is 61.1 Å². The van der Waals surface area contributed by atoms with Crippen molar-refractivity contribution in [3.8, 4) is 22.5 Å². The van der Waals surface area contributed by atoms with Crippen molar-refractivity contribution in [3.05, 3.63) is 55.1 Å². The number of pyridine rings is 1. The van der Waals surface area contributed by atoms with Gasteiger partial charge in [0.25, 0.3) is 0 Å². The van der Waals surface area contributed by atoms with Crippen molar-refractivity contribution in [2.24, 2.45) is 0 Å². The number of anilines is 1. The van der Waals surface area contributed by atoms with E-state index in [-0.39, 0.29) is 0 Å². The van der Waals surface area contributed by atoms with E-state index in [4.69, 9.17) is 0 Å². The summed E-state index contributed by atoms with van der Waals surface area (Å²) in [5, 5.41) is 1.06. The highest BCUT2D eigenvalue weighted by Gasteiger charge is 2.10. The van der Waals surface area contributed by atoms with Gasteiger partial charge in [0.2, 0.25) is 0 Å². The maximum Gasteiger partial charge on any atom is 0.139 e. The molecule has 4 rings (SSSR count). The van der Waals surface area contributed by atoms with Crippen LogP contribution in [0.2, 0.25) is 0 Å². The van der Waals surface area contributed by atoms with Gasteiger partial charge in [-0.1, -0.05) is 12.1 Å². The number of nitrogens with one attached hydrogen (secondary N) is 2. The molecule has 5 nitrogen and oxygen atoms in total. The lowest BCUT2D eigenvalue weighted by atomic mass is 10.0. The molecule has 0 spiro atoms. The van der Waals surface area contributed by atoms with Crippen LogP contribution in [0.3, 0.4) is 0 Å². The molecule has 1 aromatic carbocycles. The average molecular weight is 303 g/mol. The fraction of sp³-hybridized carbons (Fsp3) is 0.111. The molecule has 23 heavy (non-hydrogen) atoms. The van der Waals surface area contributed by atoms with E-state index >= 15 is 0 Å². The van der Waals surface area contributed by atoms with E-state index in [9.17, 15) is 0 Å². The van der Waals surface area contributed by atoms with E-state index < -0.39 is 0 Å². The van der Waals surface area contributed by atoms with E-state index in [2.05, 4.69) is 55.2 Å². The highest BCUT2D eigenvalue weighted by atomic mass is 15.1. The standard InChI is InChI=1S/C18H17N5/c1-23(2)14-5-3-12(4-6-14)13-9-15-16(18-19-7-8-20-18)11-22-17(15)21-10-13/h3-11H,1-2H3,(H,19,20)(H,21,22). The quantitative estimate of drug-likeness (QED) is 0.607. The Labute approximate surface area is 134 Å². The number of fused-ring (bicyclic) bond motifs is 1. The fourth-order valence-electron chi connectivity index (χ4n) is 2.72. The monoisotopic (exact) mass is 303 g/mol. The lowest BCUT2D eigenvalue weighted by Crippen LogP contribution is -2.07. The van der Waals surface area contributed by atoms with E-state index in [0.29, 0.717) is 0 Å². The summed E-state index contributed by atoms with van der Waals surface area (Å²) in [6.07, 6.45) is 7.42. The van der Waals surface area contributed by atoms with E-state index in [1.165, 1.54) is 5.69 Å². The van der Waals surface area contributed by atoms with Gasteiger partial charge in [-0.15, -0.1) is 0 Å². The number of hydrogen-bond donors (Lipinski definition) is 2. The summed E-state index contributed by atoms with van der Waals surface area (Å²) < 4.78 is 0. The van der Waals surface area contributed by atoms with Crippen molar-refractivity contribution >= 4 is 16.7 Å². The number of aromatic amines is 2. The molecule has 4 aromatic rings. The van der Waals surface area contributed by atoms with Crippen LogP contribution in [0.4, 0.5) is 5.69 Å². The number of nitrogens with zero attached hydrogens (tertiary/aromatic N) is 3. The molecule has 2 N–H and O–H groups in total. The molecule has 0 unspecified atom stereocenters. The lowest BCUT2D eigenvalue weighted by molar-refractivity contribution is 1.13. The van der Waals surface area contributed by atoms with Crippen molar-refractivity contribution in [1.29, 1.82) is 0 Å². The Hall–Kier alpha value is -3.08. The minimum absolute atomic E-state index is 0.846. The number of benzene rings is 1. The molecule has 0 saturated heterocycles. The van der Waals surface area contributed by atoms with Gasteiger partial charge in [-0.05, 0) is 23.8 Å². The summed E-state index contributed by atoms with van der Waals surface area (Å²) in [5.41, 5.74) is 5.32. The topological polar surface area (TPSA) is 60.6 Å². The Bertz CT molecular complexity index is 933. The second-order valence-electron chi connectivity index (χ2n) is 5.70. The van der Waals surface area contributed by atoms with Crippen molar-refractivity contribution < 1.29 is 0 Å². The highest BCUT2D eigenvalue weighted by molar-refractivity contribution is 5.94. The largest absolute Gasteiger partial charge is 0.378 e. The van der Waals surface area contributed by atoms with Gasteiger partial charge in [0.1, 0.15) is 11.5 Å². The Kier molecular flexibility index (Phi) is 3.12. The van der Waals surface area contributed by atoms with Gasteiger partial charge in [-0.2, -0.15) is 0 Å². The second kappa shape index (κ2) is 5.28. The third-order valence-electron chi connectivity index (χ3n) is 4.00. The van der Waals surface area contributed by atoms with Crippen LogP contribution in [0.15, 0.2) is 55.1 Å². The van der Waals surface area contributed by atoms with Crippen molar-refractivity contribution in [3.63, 3.8) is 0 Å². The van der Waals surface area contributed by atoms with Crippen LogP contribution in [-0.4, -0.2) is 34.0 Å². The lowest BCUT2D eigenvalue weighted by Gasteiger charge is -2.12. The Morgan fingerprint density at radius 2 is 1.78 bits per heavy atom. The molecule has 0 radical (unpaired) electrons. The fourth-order valence-corrected chi connectivity index (χ4v) is 2.72. The summed E-state index contributed by atoms with van der Waals surface area (Å²) in [6.45, 7) is 0. The summed E-state index contributed by atoms with van der Waals surface area (Å²) in [7, 11) is 4.08. The Morgan fingerprint density at radius 3 is 2.48 bits per heavy atom. The first-order valence-electron chi connectivity index (χ1n) is 7.47. The van der Waals surface area contributed by atoms with Crippen LogP contribution >= 0.6 is 0 Å². The molecule has 114 valence electrons. The van der Waals surface area contributed by atoms with Crippen LogP contribution in [0.1, 0.15) is 0 Å². The molecule has 0 bridgehead atoms. The summed E-state index contributed by atoms with van der Waals surface area (Å²) in [5.74, 6) is 0.846. The third-order valence-corrected chi connectivity index (χ3v) is 4.00. The SMILES string of the molecule is CN(C)c1ccc(-c2cnc3[nH]cc(-c4ncc[nH]4)c3c2)cc1. The number of rotatable bonds is 3. The molecule has 0 aliphatic rings. The van der Waals surface area contributed by atoms with Crippen LogP contribution in [0.5, 0.6) is 0 Å². The molecule has 0 atom stereocenters. The van der Waals surface area contributed by atoms with Crippen LogP contribution in [0, 0.1) is 0 Å². The minimum atomic E-state index is 0.846. The second-order valence-corrected chi connectivity index (χ2v) is 5.70. The molecule has 5 heteroatoms. The van der Waals surface area contributed by atoms with E-state index in [0.717, 1.165) is 33.5 Å². The first-order valence-corrected chi connectivity index (χ1v) is 7.47. The summed E-state index contributed by atoms with van der Waals surface area (Å²) in [4.78, 5) is 17.3. The molecule has 3 aromatic heterocycles. The predicted molar refractivity (Wildman–Crippen MR) is 93.4 cm³/mol. The maximum absolute atomic E-state index is 4.54. The van der Waals surface area contributed by atoms with Crippen molar-refractivity contribution in [2.75, 3.05) is 19.0 Å². The molecular formula is C18H17N5. The zero-order chi connectivity index (χ0) is 15.8. The molecule has 0 aliphatic heterocycles. The Morgan fingerprint density at radius 1 is 0.957 bits per heavy atom. The van der Waals surface area contributed by atoms with Gasteiger partial charge in [-0.3, -0.25) is 0 Å². The molecule has 0 amide bonds. The summed E-state index contributed by atoms with van der Waals surface area (Å²) >= 11 is 0. The predicted octanol–water partition coefficient (Wildman–Crippen LogP) is 3.69. The number of hydrogen-bond acceptors (Lipinski definition) is 3. The highest BCUT2D eigenvalue weighted by Crippen LogP contribution is 2.29. The van der Waals surface area contributed by atoms with E-state index in [1.54, 1.807) is 6.20 Å². The molecular weight excluding hydrogens is 286 g/mol. The van der Waals surface area contributed by atoms with Crippen LogP contribution < -0.4 is 4.90 Å². The van der Waals surface area contributed by atoms with Gasteiger partial charge in [-0.25, -0.2) is 9.97 Å². The molecule has 0 aliphatic carbocycles. The average Bonchev–Trinajstić information content (AvgIpc) is 3.23. The number of aromatic nitrogens is 4.